The van der Waals surface area contributed by atoms with E-state index in [4.69, 9.17) is 5.73 Å². The first-order chi connectivity index (χ1) is 8.29. The van der Waals surface area contributed by atoms with Crippen molar-refractivity contribution in [3.8, 4) is 11.1 Å². The second-order valence-corrected chi connectivity index (χ2v) is 5.59. The van der Waals surface area contributed by atoms with Crippen LogP contribution in [0.15, 0.2) is 24.3 Å². The van der Waals surface area contributed by atoms with Gasteiger partial charge in [-0.3, -0.25) is 0 Å². The summed E-state index contributed by atoms with van der Waals surface area (Å²) in [7, 11) is 0. The number of rotatable bonds is 1. The van der Waals surface area contributed by atoms with Crippen LogP contribution in [0.4, 0.5) is 18.9 Å². The van der Waals surface area contributed by atoms with E-state index in [-0.39, 0.29) is 5.69 Å². The van der Waals surface area contributed by atoms with Crippen molar-refractivity contribution in [1.82, 2.24) is 0 Å². The third-order valence-electron chi connectivity index (χ3n) is 2.71. The van der Waals surface area contributed by atoms with Crippen molar-refractivity contribution in [3.63, 3.8) is 0 Å². The maximum atomic E-state index is 12.5. The number of halogens is 3. The largest absolute Gasteiger partial charge is 0.416 e. The molecule has 0 aliphatic rings. The van der Waals surface area contributed by atoms with Gasteiger partial charge < -0.3 is 5.73 Å². The maximum Gasteiger partial charge on any atom is 0.416 e. The zero-order valence-electron chi connectivity index (χ0n) is 9.93. The van der Waals surface area contributed by atoms with E-state index in [1.807, 2.05) is 19.9 Å². The van der Waals surface area contributed by atoms with Gasteiger partial charge in [0.05, 0.1) is 5.56 Å². The minimum absolute atomic E-state index is 0.158. The minimum Gasteiger partial charge on any atom is -0.398 e. The van der Waals surface area contributed by atoms with Crippen LogP contribution in [-0.2, 0) is 6.18 Å². The molecule has 0 atom stereocenters. The number of nitrogen functional groups attached to an aromatic ring is 1. The number of benzene rings is 1. The van der Waals surface area contributed by atoms with Crippen LogP contribution in [0.3, 0.4) is 0 Å². The van der Waals surface area contributed by atoms with Crippen molar-refractivity contribution in [2.24, 2.45) is 0 Å². The van der Waals surface area contributed by atoms with Gasteiger partial charge in [-0.2, -0.15) is 13.2 Å². The molecule has 1 nitrogen and oxygen atoms in total. The third kappa shape index (κ3) is 2.36. The van der Waals surface area contributed by atoms with Crippen LogP contribution in [-0.4, -0.2) is 0 Å². The molecule has 1 heterocycles. The minimum atomic E-state index is -4.35. The quantitative estimate of drug-likeness (QED) is 0.752. The Morgan fingerprint density at radius 3 is 2.17 bits per heavy atom. The monoisotopic (exact) mass is 271 g/mol. The van der Waals surface area contributed by atoms with Crippen molar-refractivity contribution >= 4 is 17.0 Å². The van der Waals surface area contributed by atoms with Crippen molar-refractivity contribution in [3.05, 3.63) is 39.6 Å². The molecule has 1 aromatic heterocycles. The van der Waals surface area contributed by atoms with E-state index in [1.54, 1.807) is 11.3 Å². The van der Waals surface area contributed by atoms with Gasteiger partial charge in [0.1, 0.15) is 0 Å². The summed E-state index contributed by atoms with van der Waals surface area (Å²) in [5.41, 5.74) is 6.74. The first kappa shape index (κ1) is 13.0. The predicted molar refractivity (Wildman–Crippen MR) is 68.6 cm³/mol. The Morgan fingerprint density at radius 2 is 1.72 bits per heavy atom. The first-order valence-electron chi connectivity index (χ1n) is 5.33. The Hall–Kier alpha value is -1.49. The Balaban J connectivity index is 2.51. The lowest BCUT2D eigenvalue weighted by Gasteiger charge is -2.10. The van der Waals surface area contributed by atoms with Crippen LogP contribution in [0, 0.1) is 13.8 Å². The molecular formula is C13H12F3NS. The highest BCUT2D eigenvalue weighted by atomic mass is 32.1. The van der Waals surface area contributed by atoms with Gasteiger partial charge >= 0.3 is 6.18 Å². The molecule has 18 heavy (non-hydrogen) atoms. The van der Waals surface area contributed by atoms with Gasteiger partial charge in [-0.15, -0.1) is 11.3 Å². The molecule has 0 aliphatic carbocycles. The third-order valence-corrected chi connectivity index (χ3v) is 3.68. The Kier molecular flexibility index (Phi) is 3.11. The van der Waals surface area contributed by atoms with Crippen LogP contribution in [0.2, 0.25) is 0 Å². The van der Waals surface area contributed by atoms with Crippen molar-refractivity contribution in [2.45, 2.75) is 20.0 Å². The van der Waals surface area contributed by atoms with Crippen LogP contribution < -0.4 is 5.73 Å². The first-order valence-corrected chi connectivity index (χ1v) is 6.15. The summed E-state index contributed by atoms with van der Waals surface area (Å²) in [6.45, 7) is 3.89. The van der Waals surface area contributed by atoms with Crippen LogP contribution in [0.25, 0.3) is 11.1 Å². The zero-order chi connectivity index (χ0) is 13.5. The summed E-state index contributed by atoms with van der Waals surface area (Å²) in [6.07, 6.45) is -4.35. The molecule has 0 bridgehead atoms. The van der Waals surface area contributed by atoms with Crippen molar-refractivity contribution < 1.29 is 13.2 Å². The number of anilines is 1. The maximum absolute atomic E-state index is 12.5. The number of aryl methyl sites for hydroxylation is 2. The molecule has 0 radical (unpaired) electrons. The van der Waals surface area contributed by atoms with E-state index >= 15 is 0 Å². The Labute approximate surface area is 107 Å². The van der Waals surface area contributed by atoms with Gasteiger partial charge in [-0.1, -0.05) is 6.07 Å². The molecule has 0 saturated heterocycles. The molecule has 2 rings (SSSR count). The highest BCUT2D eigenvalue weighted by Gasteiger charge is 2.30. The molecule has 2 N–H and O–H groups in total. The lowest BCUT2D eigenvalue weighted by molar-refractivity contribution is -0.137. The van der Waals surface area contributed by atoms with E-state index in [9.17, 15) is 13.2 Å². The van der Waals surface area contributed by atoms with Gasteiger partial charge in [0, 0.05) is 21.0 Å². The van der Waals surface area contributed by atoms with E-state index in [1.165, 1.54) is 6.07 Å². The number of alkyl halides is 3. The van der Waals surface area contributed by atoms with E-state index in [0.717, 1.165) is 27.5 Å². The number of thiophene rings is 1. The lowest BCUT2D eigenvalue weighted by atomic mass is 10.0. The molecule has 0 saturated carbocycles. The standard InChI is InChI=1S/C13H12F3NS/c1-7-5-11(8(2)18-7)10-4-3-9(6-12(10)17)13(14,15)16/h3-6H,17H2,1-2H3. The van der Waals surface area contributed by atoms with E-state index < -0.39 is 11.7 Å². The van der Waals surface area contributed by atoms with E-state index in [2.05, 4.69) is 0 Å². The molecule has 0 amide bonds. The fourth-order valence-corrected chi connectivity index (χ4v) is 2.82. The smallest absolute Gasteiger partial charge is 0.398 e. The SMILES string of the molecule is Cc1cc(-c2ccc(C(F)(F)F)cc2N)c(C)s1. The highest BCUT2D eigenvalue weighted by molar-refractivity contribution is 7.12. The molecule has 0 spiro atoms. The summed E-state index contributed by atoms with van der Waals surface area (Å²) in [4.78, 5) is 2.17. The van der Waals surface area contributed by atoms with Crippen LogP contribution in [0.5, 0.6) is 0 Å². The van der Waals surface area contributed by atoms with Crippen molar-refractivity contribution in [2.75, 3.05) is 5.73 Å². The average Bonchev–Trinajstić information content (AvgIpc) is 2.56. The normalized spacial score (nSPS) is 11.8. The van der Waals surface area contributed by atoms with Crippen LogP contribution in [0.1, 0.15) is 15.3 Å². The molecule has 2 aromatic rings. The Morgan fingerprint density at radius 1 is 1.06 bits per heavy atom. The molecule has 0 unspecified atom stereocenters. The average molecular weight is 271 g/mol. The molecule has 0 fully saturated rings. The molecule has 0 aliphatic heterocycles. The summed E-state index contributed by atoms with van der Waals surface area (Å²) in [6, 6.07) is 5.44. The summed E-state index contributed by atoms with van der Waals surface area (Å²) in [5.74, 6) is 0. The summed E-state index contributed by atoms with van der Waals surface area (Å²) in [5, 5.41) is 0. The topological polar surface area (TPSA) is 26.0 Å². The zero-order valence-corrected chi connectivity index (χ0v) is 10.7. The number of hydrogen-bond acceptors (Lipinski definition) is 2. The van der Waals surface area contributed by atoms with Crippen LogP contribution >= 0.6 is 11.3 Å². The fraction of sp³-hybridized carbons (Fsp3) is 0.231. The van der Waals surface area contributed by atoms with Gasteiger partial charge in [0.2, 0.25) is 0 Å². The van der Waals surface area contributed by atoms with Crippen molar-refractivity contribution in [1.29, 1.82) is 0 Å². The van der Waals surface area contributed by atoms with E-state index in [0.29, 0.717) is 5.56 Å². The summed E-state index contributed by atoms with van der Waals surface area (Å²) >= 11 is 1.60. The number of hydrogen-bond donors (Lipinski definition) is 1. The van der Waals surface area contributed by atoms with Gasteiger partial charge in [-0.25, -0.2) is 0 Å². The molecule has 5 heteroatoms. The molecule has 1 aromatic carbocycles. The Bertz CT molecular complexity index is 584. The predicted octanol–water partition coefficient (Wildman–Crippen LogP) is 4.63. The summed E-state index contributed by atoms with van der Waals surface area (Å²) < 4.78 is 37.6. The molecule has 96 valence electrons. The highest BCUT2D eigenvalue weighted by Crippen LogP contribution is 2.37. The second kappa shape index (κ2) is 4.31. The van der Waals surface area contributed by atoms with Gasteiger partial charge in [0.25, 0.3) is 0 Å². The van der Waals surface area contributed by atoms with Gasteiger partial charge in [-0.05, 0) is 37.6 Å². The second-order valence-electron chi connectivity index (χ2n) is 4.13. The van der Waals surface area contributed by atoms with Gasteiger partial charge in [0.15, 0.2) is 0 Å². The number of nitrogens with two attached hydrogens (primary N) is 1. The fourth-order valence-electron chi connectivity index (χ4n) is 1.88. The lowest BCUT2D eigenvalue weighted by Crippen LogP contribution is -2.05. The molecular weight excluding hydrogens is 259 g/mol.